The minimum Gasteiger partial charge on any atom is -0.459 e. The molecular formula is C27H26N2O4. The second-order valence-corrected chi connectivity index (χ2v) is 8.59. The summed E-state index contributed by atoms with van der Waals surface area (Å²) in [6.07, 6.45) is 3.02. The summed E-state index contributed by atoms with van der Waals surface area (Å²) >= 11 is 0. The van der Waals surface area contributed by atoms with Crippen LogP contribution in [0.25, 0.3) is 22.3 Å². The van der Waals surface area contributed by atoms with Gasteiger partial charge in [-0.2, -0.15) is 0 Å². The van der Waals surface area contributed by atoms with Gasteiger partial charge in [0.2, 0.25) is 0 Å². The number of furan rings is 2. The number of carbonyl (C=O) groups is 2. The predicted molar refractivity (Wildman–Crippen MR) is 127 cm³/mol. The Kier molecular flexibility index (Phi) is 6.45. The van der Waals surface area contributed by atoms with E-state index in [0.29, 0.717) is 13.1 Å². The molecule has 2 N–H and O–H groups in total. The van der Waals surface area contributed by atoms with Gasteiger partial charge in [-0.15, -0.1) is 0 Å². The Morgan fingerprint density at radius 2 is 1.06 bits per heavy atom. The molecule has 0 fully saturated rings. The number of rotatable bonds is 8. The molecule has 6 nitrogen and oxygen atoms in total. The lowest BCUT2D eigenvalue weighted by Gasteiger charge is -2.25. The Morgan fingerprint density at radius 1 is 0.667 bits per heavy atom. The van der Waals surface area contributed by atoms with Crippen LogP contribution >= 0.6 is 0 Å². The van der Waals surface area contributed by atoms with Gasteiger partial charge in [-0.3, -0.25) is 9.59 Å². The van der Waals surface area contributed by atoms with Gasteiger partial charge in [0.1, 0.15) is 0 Å². The summed E-state index contributed by atoms with van der Waals surface area (Å²) < 4.78 is 10.9. The maximum absolute atomic E-state index is 12.8. The highest BCUT2D eigenvalue weighted by Gasteiger charge is 2.24. The van der Waals surface area contributed by atoms with Gasteiger partial charge in [-0.1, -0.05) is 74.5 Å². The van der Waals surface area contributed by atoms with Gasteiger partial charge < -0.3 is 19.5 Å². The Bertz CT molecular complexity index is 1130. The van der Waals surface area contributed by atoms with Crippen molar-refractivity contribution < 1.29 is 18.4 Å². The predicted octanol–water partition coefficient (Wildman–Crippen LogP) is 5.39. The summed E-state index contributed by atoms with van der Waals surface area (Å²) in [6, 6.07) is 22.8. The Balaban J connectivity index is 1.35. The first-order valence-corrected chi connectivity index (χ1v) is 10.8. The lowest BCUT2D eigenvalue weighted by molar-refractivity contribution is 0.0892. The van der Waals surface area contributed by atoms with Crippen LogP contribution < -0.4 is 10.6 Å². The number of amides is 2. The van der Waals surface area contributed by atoms with Crippen molar-refractivity contribution in [2.45, 2.75) is 13.8 Å². The molecule has 6 heteroatoms. The third kappa shape index (κ3) is 5.23. The molecule has 168 valence electrons. The molecule has 0 saturated carbocycles. The highest BCUT2D eigenvalue weighted by atomic mass is 16.3. The maximum atomic E-state index is 12.8. The van der Waals surface area contributed by atoms with Crippen molar-refractivity contribution in [3.05, 3.63) is 96.8 Å². The largest absolute Gasteiger partial charge is 0.459 e. The number of hydrogen-bond acceptors (Lipinski definition) is 4. The zero-order chi connectivity index (χ0) is 23.3. The molecule has 0 atom stereocenters. The van der Waals surface area contributed by atoms with E-state index in [-0.39, 0.29) is 23.3 Å². The fourth-order valence-corrected chi connectivity index (χ4v) is 3.52. The summed E-state index contributed by atoms with van der Waals surface area (Å²) in [5.41, 5.74) is 2.91. The van der Waals surface area contributed by atoms with E-state index in [0.717, 1.165) is 22.3 Å². The van der Waals surface area contributed by atoms with Crippen LogP contribution in [0.2, 0.25) is 0 Å². The van der Waals surface area contributed by atoms with Crippen LogP contribution in [0.1, 0.15) is 35.0 Å². The van der Waals surface area contributed by atoms with Crippen molar-refractivity contribution in [2.75, 3.05) is 13.1 Å². The summed E-state index contributed by atoms with van der Waals surface area (Å²) in [5, 5.41) is 5.85. The highest BCUT2D eigenvalue weighted by Crippen LogP contribution is 2.26. The molecule has 4 rings (SSSR count). The van der Waals surface area contributed by atoms with E-state index >= 15 is 0 Å². The fraction of sp³-hybridized carbons (Fsp3) is 0.185. The summed E-state index contributed by atoms with van der Waals surface area (Å²) in [6.45, 7) is 4.64. The molecule has 0 spiro atoms. The zero-order valence-electron chi connectivity index (χ0n) is 18.6. The molecule has 0 radical (unpaired) electrons. The van der Waals surface area contributed by atoms with Crippen LogP contribution in [0.5, 0.6) is 0 Å². The van der Waals surface area contributed by atoms with Crippen molar-refractivity contribution in [3.63, 3.8) is 0 Å². The standard InChI is InChI=1S/C27H26N2O4/c1-27(2,17-28-25(30)23-21(13-15-32-23)19-9-5-3-6-10-19)18-29-26(31)24-22(14-16-33-24)20-11-7-4-8-12-20/h3-16H,17-18H2,1-2H3,(H,28,30)(H,29,31). The van der Waals surface area contributed by atoms with Crippen LogP contribution in [0.3, 0.4) is 0 Å². The minimum absolute atomic E-state index is 0.268. The van der Waals surface area contributed by atoms with Crippen LogP contribution in [-0.2, 0) is 0 Å². The van der Waals surface area contributed by atoms with Crippen molar-refractivity contribution in [1.82, 2.24) is 10.6 Å². The summed E-state index contributed by atoms with van der Waals surface area (Å²) in [4.78, 5) is 25.5. The van der Waals surface area contributed by atoms with E-state index in [1.807, 2.05) is 74.5 Å². The molecule has 0 bridgehead atoms. The second-order valence-electron chi connectivity index (χ2n) is 8.59. The Labute approximate surface area is 192 Å². The third-order valence-electron chi connectivity index (χ3n) is 5.37. The maximum Gasteiger partial charge on any atom is 0.287 e. The molecule has 0 unspecified atom stereocenters. The van der Waals surface area contributed by atoms with Crippen molar-refractivity contribution in [3.8, 4) is 22.3 Å². The van der Waals surface area contributed by atoms with E-state index in [1.165, 1.54) is 12.5 Å². The molecular weight excluding hydrogens is 416 g/mol. The van der Waals surface area contributed by atoms with Crippen LogP contribution in [0.15, 0.2) is 94.2 Å². The molecule has 4 aromatic rings. The first-order chi connectivity index (χ1) is 15.9. The number of benzene rings is 2. The number of carbonyl (C=O) groups excluding carboxylic acids is 2. The molecule has 0 saturated heterocycles. The number of nitrogens with one attached hydrogen (secondary N) is 2. The molecule has 0 aliphatic carbocycles. The third-order valence-corrected chi connectivity index (χ3v) is 5.37. The first-order valence-electron chi connectivity index (χ1n) is 10.8. The van der Waals surface area contributed by atoms with Crippen LogP contribution in [0.4, 0.5) is 0 Å². The normalized spacial score (nSPS) is 11.2. The Hall–Kier alpha value is -4.06. The van der Waals surface area contributed by atoms with E-state index in [9.17, 15) is 9.59 Å². The van der Waals surface area contributed by atoms with Crippen molar-refractivity contribution >= 4 is 11.8 Å². The average Bonchev–Trinajstić information content (AvgIpc) is 3.52. The first kappa shape index (κ1) is 22.1. The zero-order valence-corrected chi connectivity index (χ0v) is 18.6. The van der Waals surface area contributed by atoms with Crippen molar-refractivity contribution in [2.24, 2.45) is 5.41 Å². The molecule has 2 aromatic carbocycles. The molecule has 2 aromatic heterocycles. The summed E-state index contributed by atoms with van der Waals surface area (Å²) in [5.74, 6) is -0.0560. The van der Waals surface area contributed by atoms with Gasteiger partial charge in [0, 0.05) is 24.2 Å². The van der Waals surface area contributed by atoms with Crippen LogP contribution in [-0.4, -0.2) is 24.9 Å². The van der Waals surface area contributed by atoms with Gasteiger partial charge in [0.25, 0.3) is 11.8 Å². The quantitative estimate of drug-likeness (QED) is 0.383. The smallest absolute Gasteiger partial charge is 0.287 e. The summed E-state index contributed by atoms with van der Waals surface area (Å²) in [7, 11) is 0. The average molecular weight is 443 g/mol. The number of hydrogen-bond donors (Lipinski definition) is 2. The molecule has 0 aliphatic heterocycles. The van der Waals surface area contributed by atoms with Gasteiger partial charge in [-0.25, -0.2) is 0 Å². The van der Waals surface area contributed by atoms with Crippen molar-refractivity contribution in [1.29, 1.82) is 0 Å². The SMILES string of the molecule is CC(C)(CNC(=O)c1occc1-c1ccccc1)CNC(=O)c1occc1-c1ccccc1. The van der Waals surface area contributed by atoms with E-state index in [4.69, 9.17) is 8.83 Å². The van der Waals surface area contributed by atoms with Gasteiger partial charge in [0.05, 0.1) is 12.5 Å². The Morgan fingerprint density at radius 3 is 1.45 bits per heavy atom. The molecule has 33 heavy (non-hydrogen) atoms. The topological polar surface area (TPSA) is 84.5 Å². The van der Waals surface area contributed by atoms with Gasteiger partial charge in [-0.05, 0) is 28.7 Å². The second kappa shape index (κ2) is 9.61. The fourth-order valence-electron chi connectivity index (χ4n) is 3.52. The van der Waals surface area contributed by atoms with E-state index in [2.05, 4.69) is 10.6 Å². The van der Waals surface area contributed by atoms with E-state index < -0.39 is 5.41 Å². The van der Waals surface area contributed by atoms with Crippen LogP contribution in [0, 0.1) is 5.41 Å². The molecule has 2 amide bonds. The monoisotopic (exact) mass is 442 g/mol. The molecule has 0 aliphatic rings. The minimum atomic E-state index is -0.398. The lowest BCUT2D eigenvalue weighted by atomic mass is 9.93. The lowest BCUT2D eigenvalue weighted by Crippen LogP contribution is -2.42. The van der Waals surface area contributed by atoms with Gasteiger partial charge in [0.15, 0.2) is 11.5 Å². The highest BCUT2D eigenvalue weighted by molar-refractivity contribution is 5.99. The van der Waals surface area contributed by atoms with E-state index in [1.54, 1.807) is 12.1 Å². The van der Waals surface area contributed by atoms with Gasteiger partial charge >= 0.3 is 0 Å². The molecule has 2 heterocycles.